The Kier molecular flexibility index (Phi) is 7.24. The zero-order valence-electron chi connectivity index (χ0n) is 24.5. The van der Waals surface area contributed by atoms with E-state index in [9.17, 15) is 18.8 Å². The standard InChI is InChI=1S/C33H29FN4O6/c1-17-13-27(42-4)23(25(39)16-33(11-12-33)31(41)37-32-36-18(2)38-44-32)15-22(17)20-7-10-26-24(14-20)28(30(40)35-3)29(43-26)19-5-8-21(34)9-6-19/h5-10,13-15H,11-12,16H2,1-4H3,(H,35,40)(H,36,37,38,41). The number of anilines is 1. The first kappa shape index (κ1) is 28.8. The van der Waals surface area contributed by atoms with Crippen LogP contribution in [0.15, 0.2) is 63.5 Å². The van der Waals surface area contributed by atoms with E-state index in [1.165, 1.54) is 26.3 Å². The smallest absolute Gasteiger partial charge is 0.328 e. The minimum atomic E-state index is -0.871. The van der Waals surface area contributed by atoms with Crippen LogP contribution in [0.2, 0.25) is 0 Å². The van der Waals surface area contributed by atoms with E-state index in [-0.39, 0.29) is 30.0 Å². The van der Waals surface area contributed by atoms with Gasteiger partial charge in [0.25, 0.3) is 5.91 Å². The number of amides is 2. The first-order valence-corrected chi connectivity index (χ1v) is 14.0. The van der Waals surface area contributed by atoms with E-state index in [0.29, 0.717) is 57.8 Å². The number of aryl methyl sites for hydroxylation is 2. The number of benzene rings is 3. The van der Waals surface area contributed by atoms with Crippen molar-refractivity contribution < 1.29 is 32.5 Å². The van der Waals surface area contributed by atoms with E-state index in [4.69, 9.17) is 13.7 Å². The summed E-state index contributed by atoms with van der Waals surface area (Å²) in [5, 5.41) is 9.54. The molecule has 1 saturated carbocycles. The second-order valence-electron chi connectivity index (χ2n) is 11.0. The zero-order chi connectivity index (χ0) is 31.2. The lowest BCUT2D eigenvalue weighted by Gasteiger charge is -2.16. The molecule has 0 atom stereocenters. The Bertz CT molecular complexity index is 1940. The van der Waals surface area contributed by atoms with Crippen molar-refractivity contribution in [3.8, 4) is 28.2 Å². The molecule has 2 amide bonds. The van der Waals surface area contributed by atoms with Crippen LogP contribution in [0.4, 0.5) is 10.4 Å². The van der Waals surface area contributed by atoms with Gasteiger partial charge in [-0.25, -0.2) is 4.39 Å². The molecule has 1 aliphatic rings. The van der Waals surface area contributed by atoms with E-state index in [0.717, 1.165) is 16.7 Å². The zero-order valence-corrected chi connectivity index (χ0v) is 24.5. The van der Waals surface area contributed by atoms with Crippen LogP contribution in [0.5, 0.6) is 5.75 Å². The number of methoxy groups -OCH3 is 1. The molecule has 1 fully saturated rings. The van der Waals surface area contributed by atoms with Gasteiger partial charge in [0.2, 0.25) is 5.91 Å². The van der Waals surface area contributed by atoms with Gasteiger partial charge in [-0.2, -0.15) is 4.98 Å². The number of hydrogen-bond donors (Lipinski definition) is 2. The number of carbonyl (C=O) groups excluding carboxylic acids is 3. The highest BCUT2D eigenvalue weighted by Crippen LogP contribution is 2.51. The van der Waals surface area contributed by atoms with Crippen LogP contribution in [0.3, 0.4) is 0 Å². The van der Waals surface area contributed by atoms with Gasteiger partial charge in [-0.15, -0.1) is 0 Å². The first-order valence-electron chi connectivity index (χ1n) is 14.0. The summed E-state index contributed by atoms with van der Waals surface area (Å²) in [6.45, 7) is 3.54. The fourth-order valence-electron chi connectivity index (χ4n) is 5.41. The average molecular weight is 597 g/mol. The molecule has 2 heterocycles. The fourth-order valence-corrected chi connectivity index (χ4v) is 5.41. The van der Waals surface area contributed by atoms with E-state index < -0.39 is 11.2 Å². The summed E-state index contributed by atoms with van der Waals surface area (Å²) in [7, 11) is 3.02. The second kappa shape index (κ2) is 11.1. The van der Waals surface area contributed by atoms with Crippen molar-refractivity contribution in [2.24, 2.45) is 5.41 Å². The summed E-state index contributed by atoms with van der Waals surface area (Å²) in [6.07, 6.45) is 1.08. The van der Waals surface area contributed by atoms with Gasteiger partial charge in [0.05, 0.1) is 23.7 Å². The van der Waals surface area contributed by atoms with Crippen LogP contribution in [-0.2, 0) is 4.79 Å². The topological polar surface area (TPSA) is 137 Å². The Hall–Kier alpha value is -5.32. The molecule has 44 heavy (non-hydrogen) atoms. The van der Waals surface area contributed by atoms with Crippen LogP contribution < -0.4 is 15.4 Å². The second-order valence-corrected chi connectivity index (χ2v) is 11.0. The molecule has 0 spiro atoms. The lowest BCUT2D eigenvalue weighted by Crippen LogP contribution is -2.27. The van der Waals surface area contributed by atoms with Crippen molar-refractivity contribution in [3.63, 3.8) is 0 Å². The number of rotatable bonds is 9. The number of ketones is 1. The largest absolute Gasteiger partial charge is 0.496 e. The van der Waals surface area contributed by atoms with Crippen LogP contribution >= 0.6 is 0 Å². The van der Waals surface area contributed by atoms with E-state index >= 15 is 0 Å². The van der Waals surface area contributed by atoms with Crippen LogP contribution in [0.1, 0.15) is 51.4 Å². The summed E-state index contributed by atoms with van der Waals surface area (Å²) in [5.74, 6) is -0.232. The van der Waals surface area contributed by atoms with Crippen LogP contribution in [0.25, 0.3) is 33.4 Å². The van der Waals surface area contributed by atoms with Gasteiger partial charge in [0.1, 0.15) is 22.9 Å². The summed E-state index contributed by atoms with van der Waals surface area (Å²) in [5.41, 5.74) is 3.16. The minimum Gasteiger partial charge on any atom is -0.496 e. The van der Waals surface area contributed by atoms with Crippen LogP contribution in [-0.4, -0.2) is 41.9 Å². The molecule has 1 aliphatic carbocycles. The molecule has 0 aliphatic heterocycles. The highest BCUT2D eigenvalue weighted by Gasteiger charge is 2.51. The van der Waals surface area contributed by atoms with Crippen molar-refractivity contribution >= 4 is 34.6 Å². The highest BCUT2D eigenvalue weighted by atomic mass is 19.1. The maximum Gasteiger partial charge on any atom is 0.328 e. The molecular formula is C33H29FN4O6. The molecule has 10 nitrogen and oxygen atoms in total. The number of ether oxygens (including phenoxy) is 1. The number of furan rings is 1. The Morgan fingerprint density at radius 2 is 1.75 bits per heavy atom. The Morgan fingerprint density at radius 1 is 1.02 bits per heavy atom. The van der Waals surface area contributed by atoms with Gasteiger partial charge in [0, 0.05) is 24.4 Å². The lowest BCUT2D eigenvalue weighted by atomic mass is 9.90. The van der Waals surface area contributed by atoms with Crippen molar-refractivity contribution in [3.05, 3.63) is 82.9 Å². The van der Waals surface area contributed by atoms with Crippen molar-refractivity contribution in [2.45, 2.75) is 33.1 Å². The van der Waals surface area contributed by atoms with E-state index in [1.54, 1.807) is 37.3 Å². The molecule has 3 aromatic carbocycles. The third kappa shape index (κ3) is 5.21. The molecule has 0 saturated heterocycles. The number of nitrogens with one attached hydrogen (secondary N) is 2. The summed E-state index contributed by atoms with van der Waals surface area (Å²) >= 11 is 0. The molecule has 5 aromatic rings. The number of aromatic nitrogens is 2. The molecule has 11 heteroatoms. The van der Waals surface area contributed by atoms with Gasteiger partial charge in [-0.1, -0.05) is 11.2 Å². The Labute approximate surface area is 251 Å². The van der Waals surface area contributed by atoms with E-state index in [2.05, 4.69) is 20.8 Å². The van der Waals surface area contributed by atoms with Gasteiger partial charge >= 0.3 is 6.01 Å². The molecular weight excluding hydrogens is 567 g/mol. The Balaban J connectivity index is 1.36. The monoisotopic (exact) mass is 596 g/mol. The average Bonchev–Trinajstić information content (AvgIpc) is 3.53. The van der Waals surface area contributed by atoms with Crippen molar-refractivity contribution in [2.75, 3.05) is 19.5 Å². The maximum atomic E-state index is 13.7. The number of nitrogens with zero attached hydrogens (tertiary/aromatic N) is 2. The van der Waals surface area contributed by atoms with Crippen LogP contribution in [0, 0.1) is 25.1 Å². The normalized spacial score (nSPS) is 13.5. The number of Topliss-reactive ketones (excluding diaryl/α,β-unsaturated/α-hetero) is 1. The predicted octanol–water partition coefficient (Wildman–Crippen LogP) is 6.27. The molecule has 0 radical (unpaired) electrons. The van der Waals surface area contributed by atoms with Gasteiger partial charge < -0.3 is 19.0 Å². The highest BCUT2D eigenvalue weighted by molar-refractivity contribution is 6.12. The SMILES string of the molecule is CNC(=O)c1c(-c2ccc(F)cc2)oc2ccc(-c3cc(C(=O)CC4(C(=O)Nc5nc(C)no5)CC4)c(OC)cc3C)cc12. The third-order valence-electron chi connectivity index (χ3n) is 7.99. The number of hydrogen-bond acceptors (Lipinski definition) is 8. The first-order chi connectivity index (χ1) is 21.1. The maximum absolute atomic E-state index is 13.7. The molecule has 224 valence electrons. The fraction of sp³-hybridized carbons (Fsp3) is 0.242. The molecule has 6 rings (SSSR count). The molecule has 0 bridgehead atoms. The summed E-state index contributed by atoms with van der Waals surface area (Å²) in [4.78, 5) is 43.8. The van der Waals surface area contributed by atoms with Crippen molar-refractivity contribution in [1.29, 1.82) is 0 Å². The lowest BCUT2D eigenvalue weighted by molar-refractivity contribution is -0.121. The Morgan fingerprint density at radius 3 is 2.39 bits per heavy atom. The summed E-state index contributed by atoms with van der Waals surface area (Å²) in [6, 6.07) is 14.7. The van der Waals surface area contributed by atoms with Crippen molar-refractivity contribution in [1.82, 2.24) is 15.5 Å². The molecule has 0 unspecified atom stereocenters. The van der Waals surface area contributed by atoms with Gasteiger partial charge in [-0.05, 0) is 91.9 Å². The van der Waals surface area contributed by atoms with Gasteiger partial charge in [-0.3, -0.25) is 19.7 Å². The summed E-state index contributed by atoms with van der Waals surface area (Å²) < 4.78 is 30.3. The quantitative estimate of drug-likeness (QED) is 0.190. The number of halogens is 1. The molecule has 2 N–H and O–H groups in total. The number of fused-ring (bicyclic) bond motifs is 1. The van der Waals surface area contributed by atoms with Gasteiger partial charge in [0.15, 0.2) is 11.6 Å². The predicted molar refractivity (Wildman–Crippen MR) is 160 cm³/mol. The van der Waals surface area contributed by atoms with E-state index in [1.807, 2.05) is 19.1 Å². The number of carbonyl (C=O) groups is 3. The molecule has 2 aromatic heterocycles. The minimum absolute atomic E-state index is 0.00484. The third-order valence-corrected chi connectivity index (χ3v) is 7.99.